The van der Waals surface area contributed by atoms with Gasteiger partial charge in [-0.2, -0.15) is 4.67 Å². The first-order chi connectivity index (χ1) is 13.3. The van der Waals surface area contributed by atoms with Crippen LogP contribution in [0, 0.1) is 0 Å². The summed E-state index contributed by atoms with van der Waals surface area (Å²) >= 11 is 0. The average Bonchev–Trinajstić information content (AvgIpc) is 2.60. The van der Waals surface area contributed by atoms with Gasteiger partial charge in [0.05, 0.1) is 12.2 Å². The molecule has 0 N–H and O–H groups in total. The number of hydrogen-bond acceptors (Lipinski definition) is 7. The van der Waals surface area contributed by atoms with Crippen LogP contribution in [0.2, 0.25) is 0 Å². The van der Waals surface area contributed by atoms with Crippen molar-refractivity contribution in [2.75, 3.05) is 6.61 Å². The largest absolute Gasteiger partial charge is 1.00 e. The van der Waals surface area contributed by atoms with Gasteiger partial charge in [-0.1, -0.05) is 95.4 Å². The zero-order valence-electron chi connectivity index (χ0n) is 19.4. The number of phosphoric acid groups is 1. The fourth-order valence-electron chi connectivity index (χ4n) is 2.62. The fraction of sp³-hybridized carbons (Fsp3) is 1.00. The molecule has 0 heterocycles. The molecule has 1 atom stereocenters. The van der Waals surface area contributed by atoms with E-state index in [-0.39, 0.29) is 36.2 Å². The van der Waals surface area contributed by atoms with Crippen molar-refractivity contribution in [3.8, 4) is 0 Å². The monoisotopic (exact) mass is 448 g/mol. The van der Waals surface area contributed by atoms with Gasteiger partial charge in [-0.25, -0.2) is 9.78 Å². The van der Waals surface area contributed by atoms with Crippen LogP contribution in [0.25, 0.3) is 0 Å². The molecule has 0 aromatic rings. The number of unbranched alkanes of at least 4 members (excludes halogenated alkanes) is 13. The minimum absolute atomic E-state index is 0. The van der Waals surface area contributed by atoms with Crippen molar-refractivity contribution in [2.45, 2.75) is 123 Å². The molecule has 9 heteroatoms. The third-order valence-electron chi connectivity index (χ3n) is 4.13. The minimum Gasteiger partial charge on any atom is -0.753 e. The molecule has 0 radical (unpaired) electrons. The summed E-state index contributed by atoms with van der Waals surface area (Å²) in [6.07, 6.45) is 17.6. The first kappa shape index (κ1) is 32.2. The molecule has 0 bridgehead atoms. The molecular formula is C20H42NaO7P. The average molecular weight is 449 g/mol. The molecule has 7 nitrogen and oxygen atoms in total. The maximum absolute atomic E-state index is 11.3. The van der Waals surface area contributed by atoms with Gasteiger partial charge in [-0.05, 0) is 27.2 Å². The molecule has 0 amide bonds. The van der Waals surface area contributed by atoms with Gasteiger partial charge in [-0.3, -0.25) is 4.57 Å². The van der Waals surface area contributed by atoms with Crippen LogP contribution >= 0.6 is 7.82 Å². The van der Waals surface area contributed by atoms with Crippen LogP contribution in [0.4, 0.5) is 0 Å². The molecule has 0 aromatic carbocycles. The minimum atomic E-state index is -4.69. The summed E-state index contributed by atoms with van der Waals surface area (Å²) in [4.78, 5) is 20.6. The number of hydrogen-bond donors (Lipinski definition) is 0. The molecule has 0 saturated carbocycles. The predicted molar refractivity (Wildman–Crippen MR) is 108 cm³/mol. The maximum atomic E-state index is 11.3. The van der Waals surface area contributed by atoms with E-state index in [0.717, 1.165) is 19.3 Å². The van der Waals surface area contributed by atoms with Gasteiger partial charge in [0.2, 0.25) is 0 Å². The van der Waals surface area contributed by atoms with Crippen LogP contribution in [-0.4, -0.2) is 12.2 Å². The first-order valence-corrected chi connectivity index (χ1v) is 12.4. The summed E-state index contributed by atoms with van der Waals surface area (Å²) in [6.45, 7) is 7.48. The van der Waals surface area contributed by atoms with Crippen LogP contribution in [0.3, 0.4) is 0 Å². The van der Waals surface area contributed by atoms with Gasteiger partial charge in [0.15, 0.2) is 0 Å². The second-order valence-electron chi connectivity index (χ2n) is 8.28. The summed E-state index contributed by atoms with van der Waals surface area (Å²) < 4.78 is 19.6. The molecule has 0 fully saturated rings. The van der Waals surface area contributed by atoms with E-state index in [9.17, 15) is 9.46 Å². The summed E-state index contributed by atoms with van der Waals surface area (Å²) in [7, 11) is -4.69. The summed E-state index contributed by atoms with van der Waals surface area (Å²) in [5.74, 6) is 0. The smallest absolute Gasteiger partial charge is 0.753 e. The van der Waals surface area contributed by atoms with E-state index in [1.165, 1.54) is 70.6 Å². The van der Waals surface area contributed by atoms with Gasteiger partial charge < -0.3 is 4.89 Å². The second kappa shape index (κ2) is 20.9. The van der Waals surface area contributed by atoms with Crippen molar-refractivity contribution in [3.63, 3.8) is 0 Å². The van der Waals surface area contributed by atoms with Crippen molar-refractivity contribution < 1.29 is 63.2 Å². The van der Waals surface area contributed by atoms with E-state index in [1.54, 1.807) is 20.8 Å². The Hall–Kier alpha value is 0.990. The van der Waals surface area contributed by atoms with E-state index in [2.05, 4.69) is 31.1 Å². The Morgan fingerprint density at radius 3 is 1.55 bits per heavy atom. The van der Waals surface area contributed by atoms with Gasteiger partial charge in [0.1, 0.15) is 0 Å². The van der Waals surface area contributed by atoms with E-state index in [1.807, 2.05) is 0 Å². The molecule has 0 aliphatic heterocycles. The van der Waals surface area contributed by atoms with Crippen molar-refractivity contribution in [3.05, 3.63) is 0 Å². The van der Waals surface area contributed by atoms with Gasteiger partial charge in [-0.15, -0.1) is 4.67 Å². The van der Waals surface area contributed by atoms with Crippen molar-refractivity contribution in [1.82, 2.24) is 0 Å². The molecule has 29 heavy (non-hydrogen) atoms. The molecule has 1 unspecified atom stereocenters. The molecule has 0 aliphatic carbocycles. The Balaban J connectivity index is 0. The Bertz CT molecular complexity index is 392. The zero-order valence-corrected chi connectivity index (χ0v) is 22.3. The second-order valence-corrected chi connectivity index (χ2v) is 9.47. The SMILES string of the molecule is CCCCCCCCCCCCCCCCOOP(=O)([O-])OOOC(C)(C)C.[Na+]. The molecule has 0 aliphatic rings. The summed E-state index contributed by atoms with van der Waals surface area (Å²) in [5, 5.41) is 4.16. The van der Waals surface area contributed by atoms with Crippen molar-refractivity contribution >= 4 is 7.82 Å². The van der Waals surface area contributed by atoms with Gasteiger partial charge in [0, 0.05) is 0 Å². The van der Waals surface area contributed by atoms with Crippen molar-refractivity contribution in [1.29, 1.82) is 0 Å². The third kappa shape index (κ3) is 27.0. The van der Waals surface area contributed by atoms with E-state index in [4.69, 9.17) is 0 Å². The zero-order chi connectivity index (χ0) is 21.1. The molecular weight excluding hydrogens is 406 g/mol. The Kier molecular flexibility index (Phi) is 23.2. The number of rotatable bonds is 20. The quantitative estimate of drug-likeness (QED) is 0.0925. The predicted octanol–water partition coefficient (Wildman–Crippen LogP) is 3.57. The van der Waals surface area contributed by atoms with Crippen molar-refractivity contribution in [2.24, 2.45) is 0 Å². The van der Waals surface area contributed by atoms with E-state index < -0.39 is 13.4 Å². The molecule has 170 valence electrons. The topological polar surface area (TPSA) is 86.3 Å². The van der Waals surface area contributed by atoms with E-state index >= 15 is 0 Å². The van der Waals surface area contributed by atoms with Crippen LogP contribution in [0.1, 0.15) is 118 Å². The summed E-state index contributed by atoms with van der Waals surface area (Å²) in [5.41, 5.74) is -0.699. The maximum Gasteiger partial charge on any atom is 1.00 e. The Morgan fingerprint density at radius 2 is 1.14 bits per heavy atom. The third-order valence-corrected chi connectivity index (χ3v) is 4.66. The first-order valence-electron chi connectivity index (χ1n) is 10.9. The standard InChI is InChI=1S/C20H43O7P.Na/c1-5-6-7-8-9-10-11-12-13-14-15-16-17-18-19-23-26-28(21,22)27-25-24-20(2,3)4;/h5-19H2,1-4H3,(H,21,22);/q;+1/p-1. The van der Waals surface area contributed by atoms with Gasteiger partial charge >= 0.3 is 37.4 Å². The normalized spacial score (nSPS) is 13.8. The van der Waals surface area contributed by atoms with Crippen LogP contribution in [0.15, 0.2) is 0 Å². The van der Waals surface area contributed by atoms with Crippen LogP contribution < -0.4 is 34.5 Å². The molecule has 0 saturated heterocycles. The van der Waals surface area contributed by atoms with Gasteiger partial charge in [0.25, 0.3) is 0 Å². The molecule has 0 spiro atoms. The Labute approximate surface area is 200 Å². The molecule has 0 rings (SSSR count). The summed E-state index contributed by atoms with van der Waals surface area (Å²) in [6, 6.07) is 0. The van der Waals surface area contributed by atoms with E-state index in [0.29, 0.717) is 0 Å². The Morgan fingerprint density at radius 1 is 0.724 bits per heavy atom. The molecule has 0 aromatic heterocycles. The van der Waals surface area contributed by atoms with Crippen LogP contribution in [0.5, 0.6) is 0 Å². The fourth-order valence-corrected chi connectivity index (χ4v) is 2.96. The van der Waals surface area contributed by atoms with Crippen LogP contribution in [-0.2, 0) is 28.7 Å².